The zero-order valence-corrected chi connectivity index (χ0v) is 14.1. The van der Waals surface area contributed by atoms with Crippen molar-refractivity contribution in [2.24, 2.45) is 7.05 Å². The number of halogens is 3. The van der Waals surface area contributed by atoms with Crippen molar-refractivity contribution in [3.05, 3.63) is 29.0 Å². The molecule has 1 aliphatic rings. The highest BCUT2D eigenvalue weighted by Gasteiger charge is 2.36. The van der Waals surface area contributed by atoms with E-state index < -0.39 is 11.9 Å². The predicted molar refractivity (Wildman–Crippen MR) is 84.0 cm³/mol. The van der Waals surface area contributed by atoms with Gasteiger partial charge in [0.25, 0.3) is 0 Å². The second kappa shape index (κ2) is 6.09. The van der Waals surface area contributed by atoms with Crippen molar-refractivity contribution < 1.29 is 13.2 Å². The van der Waals surface area contributed by atoms with Crippen molar-refractivity contribution in [2.45, 2.75) is 31.9 Å². The van der Waals surface area contributed by atoms with Crippen molar-refractivity contribution >= 4 is 16.5 Å². The Labute approximate surface area is 141 Å². The molecule has 9 heteroatoms. The molecule has 1 aliphatic heterocycles. The fourth-order valence-electron chi connectivity index (χ4n) is 3.07. The number of hydrogen-bond acceptors (Lipinski definition) is 5. The Hall–Kier alpha value is -2.08. The Kier molecular flexibility index (Phi) is 4.25. The van der Waals surface area contributed by atoms with Crippen LogP contribution in [0.3, 0.4) is 0 Å². The Bertz CT molecular complexity index is 786. The number of piperidine rings is 1. The molecular formula is C15H16F3N5S. The third kappa shape index (κ3) is 2.98. The lowest BCUT2D eigenvalue weighted by Gasteiger charge is -2.33. The molecule has 0 amide bonds. The van der Waals surface area contributed by atoms with E-state index in [-0.39, 0.29) is 5.92 Å². The first-order valence-corrected chi connectivity index (χ1v) is 8.30. The molecule has 0 aromatic carbocycles. The standard InChI is InChI=1S/C15H16F3N5S/c1-9-11(6-19)14(24-21-9)23-5-3-4-10(7-23)13-20-12(8-22(13)2)15(16,17)18/h8,10H,3-5,7H2,1-2H3. The number of anilines is 1. The van der Waals surface area contributed by atoms with Gasteiger partial charge in [-0.3, -0.25) is 0 Å². The van der Waals surface area contributed by atoms with E-state index in [9.17, 15) is 18.4 Å². The summed E-state index contributed by atoms with van der Waals surface area (Å²) in [6, 6.07) is 2.17. The van der Waals surface area contributed by atoms with Gasteiger partial charge in [0.15, 0.2) is 5.69 Å². The van der Waals surface area contributed by atoms with Crippen molar-refractivity contribution in [1.29, 1.82) is 5.26 Å². The lowest BCUT2D eigenvalue weighted by atomic mass is 9.97. The summed E-state index contributed by atoms with van der Waals surface area (Å²) >= 11 is 1.26. The molecule has 5 nitrogen and oxygen atoms in total. The van der Waals surface area contributed by atoms with Crippen LogP contribution in [-0.2, 0) is 13.2 Å². The fraction of sp³-hybridized carbons (Fsp3) is 0.533. The summed E-state index contributed by atoms with van der Waals surface area (Å²) in [5.74, 6) is 0.334. The Balaban J connectivity index is 1.86. The highest BCUT2D eigenvalue weighted by atomic mass is 32.1. The molecule has 1 fully saturated rings. The monoisotopic (exact) mass is 355 g/mol. The SMILES string of the molecule is Cc1nsc(N2CCCC(c3nc(C(F)(F)F)cn3C)C2)c1C#N. The number of hydrogen-bond donors (Lipinski definition) is 0. The van der Waals surface area contributed by atoms with Gasteiger partial charge >= 0.3 is 6.18 Å². The van der Waals surface area contributed by atoms with Gasteiger partial charge in [-0.2, -0.15) is 22.8 Å². The van der Waals surface area contributed by atoms with E-state index in [0.29, 0.717) is 23.6 Å². The summed E-state index contributed by atoms with van der Waals surface area (Å²) < 4.78 is 44.3. The van der Waals surface area contributed by atoms with Gasteiger partial charge in [-0.1, -0.05) is 0 Å². The summed E-state index contributed by atoms with van der Waals surface area (Å²) in [6.45, 7) is 3.09. The maximum Gasteiger partial charge on any atom is 0.434 e. The van der Waals surface area contributed by atoms with Crippen LogP contribution >= 0.6 is 11.5 Å². The number of aromatic nitrogens is 3. The van der Waals surface area contributed by atoms with Crippen LogP contribution < -0.4 is 4.90 Å². The molecule has 0 N–H and O–H groups in total. The molecule has 0 spiro atoms. The second-order valence-corrected chi connectivity index (χ2v) is 6.69. The number of rotatable bonds is 2. The van der Waals surface area contributed by atoms with Crippen LogP contribution in [-0.4, -0.2) is 27.0 Å². The van der Waals surface area contributed by atoms with Crippen LogP contribution in [0, 0.1) is 18.3 Å². The van der Waals surface area contributed by atoms with Gasteiger partial charge < -0.3 is 9.47 Å². The third-order valence-corrected chi connectivity index (χ3v) is 5.23. The average molecular weight is 355 g/mol. The number of nitriles is 1. The normalized spacial score (nSPS) is 18.7. The molecule has 2 aromatic heterocycles. The number of imidazole rings is 1. The fourth-order valence-corrected chi connectivity index (χ4v) is 3.95. The molecule has 0 saturated carbocycles. The van der Waals surface area contributed by atoms with Crippen molar-refractivity contribution in [3.8, 4) is 6.07 Å². The van der Waals surface area contributed by atoms with Gasteiger partial charge in [0.05, 0.1) is 5.69 Å². The van der Waals surface area contributed by atoms with Gasteiger partial charge in [0.2, 0.25) is 0 Å². The Morgan fingerprint density at radius 2 is 2.17 bits per heavy atom. The maximum absolute atomic E-state index is 12.9. The topological polar surface area (TPSA) is 57.7 Å². The summed E-state index contributed by atoms with van der Waals surface area (Å²) in [4.78, 5) is 5.86. The van der Waals surface area contributed by atoms with Gasteiger partial charge in [0.1, 0.15) is 22.5 Å². The number of alkyl halides is 3. The molecule has 1 unspecified atom stereocenters. The molecule has 1 saturated heterocycles. The molecule has 1 atom stereocenters. The highest BCUT2D eigenvalue weighted by Crippen LogP contribution is 2.36. The molecule has 0 bridgehead atoms. The Morgan fingerprint density at radius 3 is 2.79 bits per heavy atom. The van der Waals surface area contributed by atoms with Gasteiger partial charge in [0, 0.05) is 32.3 Å². The van der Waals surface area contributed by atoms with Gasteiger partial charge in [-0.15, -0.1) is 0 Å². The zero-order chi connectivity index (χ0) is 17.5. The second-order valence-electron chi connectivity index (χ2n) is 5.94. The maximum atomic E-state index is 12.9. The van der Waals surface area contributed by atoms with E-state index in [0.717, 1.165) is 30.6 Å². The molecule has 3 rings (SSSR count). The lowest BCUT2D eigenvalue weighted by Crippen LogP contribution is -2.35. The minimum atomic E-state index is -4.44. The summed E-state index contributed by atoms with van der Waals surface area (Å²) in [5, 5.41) is 10.1. The minimum Gasteiger partial charge on any atom is -0.360 e. The lowest BCUT2D eigenvalue weighted by molar-refractivity contribution is -0.141. The molecule has 3 heterocycles. The van der Waals surface area contributed by atoms with E-state index in [1.165, 1.54) is 16.1 Å². The first kappa shape index (κ1) is 16.8. The van der Waals surface area contributed by atoms with Crippen LogP contribution in [0.5, 0.6) is 0 Å². The minimum absolute atomic E-state index is 0.103. The van der Waals surface area contributed by atoms with Crippen LogP contribution in [0.25, 0.3) is 0 Å². The van der Waals surface area contributed by atoms with Crippen LogP contribution in [0.2, 0.25) is 0 Å². The highest BCUT2D eigenvalue weighted by molar-refractivity contribution is 7.10. The van der Waals surface area contributed by atoms with Crippen LogP contribution in [0.1, 0.15) is 41.5 Å². The van der Waals surface area contributed by atoms with E-state index in [2.05, 4.69) is 15.4 Å². The smallest absolute Gasteiger partial charge is 0.360 e. The van der Waals surface area contributed by atoms with Crippen LogP contribution in [0.4, 0.5) is 18.2 Å². The molecule has 0 aliphatic carbocycles. The van der Waals surface area contributed by atoms with Crippen LogP contribution in [0.15, 0.2) is 6.20 Å². The van der Waals surface area contributed by atoms with Crippen molar-refractivity contribution in [1.82, 2.24) is 13.9 Å². The van der Waals surface area contributed by atoms with Gasteiger partial charge in [-0.25, -0.2) is 4.98 Å². The molecule has 2 aromatic rings. The third-order valence-electron chi connectivity index (χ3n) is 4.23. The summed E-state index contributed by atoms with van der Waals surface area (Å²) in [5.41, 5.74) is 0.385. The molecule has 0 radical (unpaired) electrons. The largest absolute Gasteiger partial charge is 0.434 e. The van der Waals surface area contributed by atoms with Crippen molar-refractivity contribution in [2.75, 3.05) is 18.0 Å². The van der Waals surface area contributed by atoms with E-state index in [4.69, 9.17) is 0 Å². The van der Waals surface area contributed by atoms with E-state index >= 15 is 0 Å². The van der Waals surface area contributed by atoms with Gasteiger partial charge in [-0.05, 0) is 31.3 Å². The number of nitrogens with zero attached hydrogens (tertiary/aromatic N) is 5. The number of aryl methyl sites for hydroxylation is 2. The first-order valence-electron chi connectivity index (χ1n) is 7.53. The Morgan fingerprint density at radius 1 is 1.42 bits per heavy atom. The quantitative estimate of drug-likeness (QED) is 0.828. The predicted octanol–water partition coefficient (Wildman–Crippen LogP) is 3.46. The average Bonchev–Trinajstić information content (AvgIpc) is 3.10. The van der Waals surface area contributed by atoms with E-state index in [1.807, 2.05) is 4.90 Å². The van der Waals surface area contributed by atoms with E-state index in [1.54, 1.807) is 14.0 Å². The molecular weight excluding hydrogens is 339 g/mol. The zero-order valence-electron chi connectivity index (χ0n) is 13.3. The molecule has 24 heavy (non-hydrogen) atoms. The first-order chi connectivity index (χ1) is 11.3. The molecule has 128 valence electrons. The summed E-state index contributed by atoms with van der Waals surface area (Å²) in [6.07, 6.45) is -1.79. The summed E-state index contributed by atoms with van der Waals surface area (Å²) in [7, 11) is 1.59. The van der Waals surface area contributed by atoms with Crippen molar-refractivity contribution in [3.63, 3.8) is 0 Å².